The molecule has 210 valence electrons. The number of likely N-dealkylation sites (tertiary alicyclic amines) is 1. The normalized spacial score (nSPS) is 31.2. The van der Waals surface area contributed by atoms with Crippen LogP contribution < -0.4 is 9.47 Å². The van der Waals surface area contributed by atoms with Crippen LogP contribution in [0, 0.1) is 5.92 Å². The molecule has 0 aromatic heterocycles. The topological polar surface area (TPSA) is 79.3 Å². The van der Waals surface area contributed by atoms with Crippen LogP contribution in [0.3, 0.4) is 0 Å². The summed E-state index contributed by atoms with van der Waals surface area (Å²) < 4.78 is 42.6. The summed E-state index contributed by atoms with van der Waals surface area (Å²) in [7, 11) is -2.04. The number of hydrogen-bond acceptors (Lipinski definition) is 6. The summed E-state index contributed by atoms with van der Waals surface area (Å²) in [5, 5.41) is 12.7. The highest BCUT2D eigenvalue weighted by Gasteiger charge is 2.73. The average molecular weight is 553 g/mol. The second-order valence-corrected chi connectivity index (χ2v) is 14.1. The SMILES string of the molecule is C=CCN1CC[C@]23c4c5ccc(OC)c4O[C@H]2[C@@H](N(CC(C)C)S(=O)(=O)Cc2ccccc2)CC[C@@]3(O)[C@H]1C5. The lowest BCUT2D eigenvalue weighted by molar-refractivity contribution is -0.194. The third kappa shape index (κ3) is 3.90. The van der Waals surface area contributed by atoms with Crippen molar-refractivity contribution in [2.75, 3.05) is 26.7 Å². The number of piperidine rings is 1. The minimum absolute atomic E-state index is 0.0572. The predicted octanol–water partition coefficient (Wildman–Crippen LogP) is 3.89. The lowest BCUT2D eigenvalue weighted by atomic mass is 9.48. The van der Waals surface area contributed by atoms with E-state index >= 15 is 0 Å². The summed E-state index contributed by atoms with van der Waals surface area (Å²) in [6.07, 6.45) is 3.87. The van der Waals surface area contributed by atoms with Gasteiger partial charge in [-0.05, 0) is 55.3 Å². The summed E-state index contributed by atoms with van der Waals surface area (Å²) in [6.45, 7) is 9.98. The van der Waals surface area contributed by atoms with Crippen LogP contribution in [0.2, 0.25) is 0 Å². The van der Waals surface area contributed by atoms with Crippen LogP contribution in [0.1, 0.15) is 49.8 Å². The van der Waals surface area contributed by atoms with Crippen molar-refractivity contribution in [2.24, 2.45) is 5.92 Å². The van der Waals surface area contributed by atoms with Crippen LogP contribution >= 0.6 is 0 Å². The molecule has 7 nitrogen and oxygen atoms in total. The molecule has 6 rings (SSSR count). The number of benzene rings is 2. The van der Waals surface area contributed by atoms with Gasteiger partial charge in [0.05, 0.1) is 29.9 Å². The number of ether oxygens (including phenoxy) is 2. The van der Waals surface area contributed by atoms with Crippen molar-refractivity contribution in [1.29, 1.82) is 0 Å². The largest absolute Gasteiger partial charge is 0.493 e. The smallest absolute Gasteiger partial charge is 0.218 e. The fraction of sp³-hybridized carbons (Fsp3) is 0.548. The molecule has 0 radical (unpaired) electrons. The molecule has 2 aliphatic heterocycles. The Morgan fingerprint density at radius 2 is 2.00 bits per heavy atom. The molecule has 2 heterocycles. The molecule has 2 aromatic rings. The van der Waals surface area contributed by atoms with Gasteiger partial charge >= 0.3 is 0 Å². The van der Waals surface area contributed by atoms with Crippen LogP contribution in [-0.4, -0.2) is 73.3 Å². The molecular formula is C31H40N2O5S. The molecule has 39 heavy (non-hydrogen) atoms. The summed E-state index contributed by atoms with van der Waals surface area (Å²) in [5.41, 5.74) is 1.24. The Kier molecular flexibility index (Phi) is 6.61. The van der Waals surface area contributed by atoms with Gasteiger partial charge in [-0.25, -0.2) is 8.42 Å². The Balaban J connectivity index is 1.48. The molecule has 2 aromatic carbocycles. The van der Waals surface area contributed by atoms with E-state index in [-0.39, 0.29) is 17.7 Å². The van der Waals surface area contributed by atoms with E-state index in [0.29, 0.717) is 43.9 Å². The molecule has 2 aliphatic carbocycles. The third-order valence-electron chi connectivity index (χ3n) is 9.57. The minimum Gasteiger partial charge on any atom is -0.493 e. The van der Waals surface area contributed by atoms with Gasteiger partial charge in [0.2, 0.25) is 10.0 Å². The highest BCUT2D eigenvalue weighted by atomic mass is 32.2. The molecule has 0 amide bonds. The van der Waals surface area contributed by atoms with Gasteiger partial charge in [-0.1, -0.05) is 56.3 Å². The number of methoxy groups -OCH3 is 1. The van der Waals surface area contributed by atoms with Crippen molar-refractivity contribution in [3.63, 3.8) is 0 Å². The molecule has 1 spiro atoms. The zero-order chi connectivity index (χ0) is 27.6. The van der Waals surface area contributed by atoms with Gasteiger partial charge in [-0.15, -0.1) is 6.58 Å². The lowest BCUT2D eigenvalue weighted by Gasteiger charge is -2.64. The van der Waals surface area contributed by atoms with Crippen molar-refractivity contribution in [3.8, 4) is 11.5 Å². The first-order chi connectivity index (χ1) is 18.7. The van der Waals surface area contributed by atoms with E-state index in [1.54, 1.807) is 11.4 Å². The predicted molar refractivity (Wildman–Crippen MR) is 152 cm³/mol. The number of nitrogens with zero attached hydrogens (tertiary/aromatic N) is 2. The fourth-order valence-corrected chi connectivity index (χ4v) is 10.1. The molecule has 1 N–H and O–H groups in total. The van der Waals surface area contributed by atoms with Crippen molar-refractivity contribution < 1.29 is 23.0 Å². The second-order valence-electron chi connectivity index (χ2n) is 12.1. The first kappa shape index (κ1) is 26.8. The Bertz CT molecular complexity index is 1360. The van der Waals surface area contributed by atoms with E-state index in [2.05, 4.69) is 31.4 Å². The molecule has 0 unspecified atom stereocenters. The standard InChI is InChI=1S/C31H40N2O5S/c1-5-16-32-17-15-30-27-23-11-12-25(37-4)28(27)38-29(30)24(13-14-31(30,34)26(32)18-23)33(19-21(2)3)39(35,36)20-22-9-7-6-8-10-22/h5-12,21,24,26,29,34H,1,13-20H2,2-4H3/t24-,26+,29-,30-,31+/m0/s1. The van der Waals surface area contributed by atoms with Crippen molar-refractivity contribution >= 4 is 10.0 Å². The first-order valence-electron chi connectivity index (χ1n) is 14.1. The molecule has 2 bridgehead atoms. The Morgan fingerprint density at radius 3 is 2.69 bits per heavy atom. The molecule has 8 heteroatoms. The van der Waals surface area contributed by atoms with Crippen molar-refractivity contribution in [3.05, 3.63) is 71.8 Å². The third-order valence-corrected chi connectivity index (χ3v) is 11.4. The Morgan fingerprint density at radius 1 is 1.23 bits per heavy atom. The van der Waals surface area contributed by atoms with Gasteiger partial charge in [-0.2, -0.15) is 4.31 Å². The van der Waals surface area contributed by atoms with E-state index in [1.807, 2.05) is 42.5 Å². The van der Waals surface area contributed by atoms with Crippen LogP contribution in [-0.2, 0) is 27.6 Å². The lowest BCUT2D eigenvalue weighted by Crippen LogP contribution is -2.78. The number of sulfonamides is 1. The molecular weight excluding hydrogens is 512 g/mol. The number of aliphatic hydroxyl groups is 1. The van der Waals surface area contributed by atoms with Gasteiger partial charge in [0.15, 0.2) is 11.5 Å². The minimum atomic E-state index is -3.67. The first-order valence-corrected chi connectivity index (χ1v) is 15.7. The molecule has 2 fully saturated rings. The van der Waals surface area contributed by atoms with E-state index in [9.17, 15) is 13.5 Å². The average Bonchev–Trinajstić information content (AvgIpc) is 3.25. The highest BCUT2D eigenvalue weighted by Crippen LogP contribution is 2.66. The van der Waals surface area contributed by atoms with E-state index in [0.717, 1.165) is 24.1 Å². The van der Waals surface area contributed by atoms with Gasteiger partial charge in [-0.3, -0.25) is 4.90 Å². The van der Waals surface area contributed by atoms with E-state index in [4.69, 9.17) is 9.47 Å². The monoisotopic (exact) mass is 552 g/mol. The van der Waals surface area contributed by atoms with Crippen LogP contribution in [0.5, 0.6) is 11.5 Å². The van der Waals surface area contributed by atoms with Crippen LogP contribution in [0.25, 0.3) is 0 Å². The Hall–Kier alpha value is -2.39. The molecule has 1 saturated carbocycles. The zero-order valence-electron chi connectivity index (χ0n) is 23.2. The number of hydrogen-bond donors (Lipinski definition) is 1. The maximum Gasteiger partial charge on any atom is 0.218 e. The summed E-state index contributed by atoms with van der Waals surface area (Å²) in [4.78, 5) is 2.35. The summed E-state index contributed by atoms with van der Waals surface area (Å²) in [5.74, 6) is 1.41. The quantitative estimate of drug-likeness (QED) is 0.476. The molecule has 4 aliphatic rings. The summed E-state index contributed by atoms with van der Waals surface area (Å²) >= 11 is 0. The molecule has 1 saturated heterocycles. The van der Waals surface area contributed by atoms with E-state index in [1.165, 1.54) is 5.56 Å². The van der Waals surface area contributed by atoms with Crippen molar-refractivity contribution in [1.82, 2.24) is 9.21 Å². The highest BCUT2D eigenvalue weighted by molar-refractivity contribution is 7.88. The fourth-order valence-electron chi connectivity index (χ4n) is 8.12. The van der Waals surface area contributed by atoms with E-state index < -0.39 is 33.2 Å². The maximum atomic E-state index is 14.1. The number of rotatable bonds is 9. The molecule has 5 atom stereocenters. The van der Waals surface area contributed by atoms with Crippen molar-refractivity contribution in [2.45, 2.75) is 74.5 Å². The van der Waals surface area contributed by atoms with Gasteiger partial charge in [0.25, 0.3) is 0 Å². The van der Waals surface area contributed by atoms with Crippen LogP contribution in [0.4, 0.5) is 0 Å². The Labute approximate surface area is 232 Å². The van der Waals surface area contributed by atoms with Gasteiger partial charge in [0.1, 0.15) is 6.10 Å². The zero-order valence-corrected chi connectivity index (χ0v) is 24.0. The van der Waals surface area contributed by atoms with Gasteiger partial charge in [0, 0.05) is 24.7 Å². The maximum absolute atomic E-state index is 14.1. The summed E-state index contributed by atoms with van der Waals surface area (Å²) in [6, 6.07) is 13.0. The van der Waals surface area contributed by atoms with Crippen LogP contribution in [0.15, 0.2) is 55.1 Å². The second kappa shape index (κ2) is 9.61. The van der Waals surface area contributed by atoms with Gasteiger partial charge < -0.3 is 14.6 Å².